The molecule has 0 spiro atoms. The summed E-state index contributed by atoms with van der Waals surface area (Å²) in [4.78, 5) is 0. The lowest BCUT2D eigenvalue weighted by Crippen LogP contribution is -2.21. The average molecular weight is 303 g/mol. The van der Waals surface area contributed by atoms with Crippen LogP contribution in [0.4, 0.5) is 8.78 Å². The van der Waals surface area contributed by atoms with Crippen molar-refractivity contribution >= 4 is 39.7 Å². The molecule has 0 aliphatic carbocycles. The van der Waals surface area contributed by atoms with E-state index in [2.05, 4.69) is 15.7 Å². The van der Waals surface area contributed by atoms with E-state index in [0.717, 1.165) is 12.1 Å². The van der Waals surface area contributed by atoms with Gasteiger partial charge in [0.05, 0.1) is 0 Å². The molecular weight excluding hydrogens is 292 g/mol. The first-order valence-corrected chi connectivity index (χ1v) is 6.69. The van der Waals surface area contributed by atoms with Crippen molar-refractivity contribution in [3.05, 3.63) is 35.4 Å². The van der Waals surface area contributed by atoms with E-state index in [4.69, 9.17) is 17.4 Å². The summed E-state index contributed by atoms with van der Waals surface area (Å²) in [5.74, 6) is -1.51. The van der Waals surface area contributed by atoms with E-state index in [9.17, 15) is 8.78 Å². The van der Waals surface area contributed by atoms with Crippen LogP contribution in [0, 0.1) is 11.6 Å². The summed E-state index contributed by atoms with van der Waals surface area (Å²) in [7, 11) is 0. The predicted octanol–water partition coefficient (Wildman–Crippen LogP) is 2.76. The fourth-order valence-corrected chi connectivity index (χ4v) is 1.39. The van der Waals surface area contributed by atoms with Crippen molar-refractivity contribution in [1.82, 2.24) is 5.43 Å². The van der Waals surface area contributed by atoms with Crippen LogP contribution < -0.4 is 5.43 Å². The third-order valence-corrected chi connectivity index (χ3v) is 3.18. The zero-order chi connectivity index (χ0) is 14.4. The first-order chi connectivity index (χ1) is 8.99. The molecule has 0 atom stereocenters. The normalized spacial score (nSPS) is 12.4. The van der Waals surface area contributed by atoms with Gasteiger partial charge in [-0.25, -0.2) is 8.78 Å². The Hall–Kier alpha value is -1.54. The van der Waals surface area contributed by atoms with Crippen molar-refractivity contribution in [3.63, 3.8) is 0 Å². The molecule has 19 heavy (non-hydrogen) atoms. The molecule has 1 rings (SSSR count). The SMILES string of the molecule is CSC(=S)N/N=C(\C(C)=N\O)c1ccc(F)cc1F. The van der Waals surface area contributed by atoms with E-state index in [1.807, 2.05) is 0 Å². The third kappa shape index (κ3) is 4.25. The number of hydrogen-bond donors (Lipinski definition) is 2. The van der Waals surface area contributed by atoms with Crippen LogP contribution in [0.5, 0.6) is 0 Å². The second-order valence-corrected chi connectivity index (χ2v) is 4.86. The Bertz CT molecular complexity index is 547. The van der Waals surface area contributed by atoms with Crippen LogP contribution in [0.1, 0.15) is 12.5 Å². The van der Waals surface area contributed by atoms with Gasteiger partial charge in [-0.3, -0.25) is 5.43 Å². The van der Waals surface area contributed by atoms with Gasteiger partial charge in [0.15, 0.2) is 4.32 Å². The Morgan fingerprint density at radius 3 is 2.63 bits per heavy atom. The van der Waals surface area contributed by atoms with Crippen molar-refractivity contribution in [1.29, 1.82) is 0 Å². The molecule has 4 nitrogen and oxygen atoms in total. The van der Waals surface area contributed by atoms with Crippen molar-refractivity contribution in [2.24, 2.45) is 10.3 Å². The molecule has 0 unspecified atom stereocenters. The molecule has 0 amide bonds. The lowest BCUT2D eigenvalue weighted by atomic mass is 10.1. The van der Waals surface area contributed by atoms with Crippen LogP contribution in [0.3, 0.4) is 0 Å². The Kier molecular flexibility index (Phi) is 5.84. The van der Waals surface area contributed by atoms with Crippen LogP contribution in [0.15, 0.2) is 28.5 Å². The van der Waals surface area contributed by atoms with Crippen LogP contribution in [0.25, 0.3) is 0 Å². The van der Waals surface area contributed by atoms with Crippen molar-refractivity contribution < 1.29 is 14.0 Å². The number of halogens is 2. The van der Waals surface area contributed by atoms with Gasteiger partial charge in [0.2, 0.25) is 0 Å². The molecule has 0 radical (unpaired) electrons. The minimum absolute atomic E-state index is 0.00750. The lowest BCUT2D eigenvalue weighted by molar-refractivity contribution is 0.320. The minimum Gasteiger partial charge on any atom is -0.411 e. The van der Waals surface area contributed by atoms with E-state index >= 15 is 0 Å². The van der Waals surface area contributed by atoms with Gasteiger partial charge in [-0.15, -0.1) is 0 Å². The summed E-state index contributed by atoms with van der Waals surface area (Å²) in [6, 6.07) is 3.02. The van der Waals surface area contributed by atoms with Crippen molar-refractivity contribution in [3.8, 4) is 0 Å². The van der Waals surface area contributed by atoms with E-state index in [1.165, 1.54) is 24.8 Å². The smallest absolute Gasteiger partial charge is 0.153 e. The summed E-state index contributed by atoms with van der Waals surface area (Å²) in [5.41, 5.74) is 2.64. The first-order valence-electron chi connectivity index (χ1n) is 5.05. The first kappa shape index (κ1) is 15.5. The van der Waals surface area contributed by atoms with Crippen LogP contribution in [0.2, 0.25) is 0 Å². The molecular formula is C11H11F2N3OS2. The van der Waals surface area contributed by atoms with Gasteiger partial charge in [-0.05, 0) is 25.3 Å². The average Bonchev–Trinajstić information content (AvgIpc) is 2.40. The van der Waals surface area contributed by atoms with Gasteiger partial charge in [-0.2, -0.15) is 5.10 Å². The monoisotopic (exact) mass is 303 g/mol. The fourth-order valence-electron chi connectivity index (χ4n) is 1.21. The van der Waals surface area contributed by atoms with E-state index in [1.54, 1.807) is 6.26 Å². The molecule has 0 bridgehead atoms. The second-order valence-electron chi connectivity index (χ2n) is 3.37. The molecule has 1 aromatic carbocycles. The predicted molar refractivity (Wildman–Crippen MR) is 77.0 cm³/mol. The van der Waals surface area contributed by atoms with Gasteiger partial charge in [-0.1, -0.05) is 29.1 Å². The summed E-state index contributed by atoms with van der Waals surface area (Å²) in [6.45, 7) is 1.44. The van der Waals surface area contributed by atoms with Crippen LogP contribution >= 0.6 is 24.0 Å². The van der Waals surface area contributed by atoms with Crippen molar-refractivity contribution in [2.75, 3.05) is 6.26 Å². The Morgan fingerprint density at radius 2 is 2.11 bits per heavy atom. The number of thiocarbonyl (C=S) groups is 1. The zero-order valence-corrected chi connectivity index (χ0v) is 11.8. The number of nitrogens with one attached hydrogen (secondary N) is 1. The van der Waals surface area contributed by atoms with E-state index in [0.29, 0.717) is 4.32 Å². The molecule has 102 valence electrons. The number of benzene rings is 1. The van der Waals surface area contributed by atoms with Gasteiger partial charge >= 0.3 is 0 Å². The fraction of sp³-hybridized carbons (Fsp3) is 0.182. The number of hydrazone groups is 1. The molecule has 0 aliphatic rings. The number of rotatable bonds is 3. The van der Waals surface area contributed by atoms with Crippen LogP contribution in [-0.4, -0.2) is 27.2 Å². The van der Waals surface area contributed by atoms with Gasteiger partial charge in [0.1, 0.15) is 23.1 Å². The Balaban J connectivity index is 3.21. The number of oxime groups is 1. The second kappa shape index (κ2) is 7.15. The summed E-state index contributed by atoms with van der Waals surface area (Å²) >= 11 is 6.13. The highest BCUT2D eigenvalue weighted by Gasteiger charge is 2.14. The minimum atomic E-state index is -0.807. The van der Waals surface area contributed by atoms with Gasteiger partial charge in [0, 0.05) is 11.6 Å². The maximum Gasteiger partial charge on any atom is 0.153 e. The highest BCUT2D eigenvalue weighted by atomic mass is 32.2. The maximum absolute atomic E-state index is 13.7. The highest BCUT2D eigenvalue weighted by molar-refractivity contribution is 8.22. The van der Waals surface area contributed by atoms with E-state index in [-0.39, 0.29) is 17.0 Å². The maximum atomic E-state index is 13.7. The number of hydrogen-bond acceptors (Lipinski definition) is 5. The number of nitrogens with zero attached hydrogens (tertiary/aromatic N) is 2. The summed E-state index contributed by atoms with van der Waals surface area (Å²) in [6.07, 6.45) is 1.75. The molecule has 8 heteroatoms. The molecule has 0 saturated carbocycles. The standard InChI is InChI=1S/C11H11F2N3OS2/c1-6(16-17)10(14-15-11(18)19-2)8-4-3-7(12)5-9(8)13/h3-5,17H,1-2H3,(H,15,18)/b14-10+,16-6+. The quantitative estimate of drug-likeness (QED) is 0.390. The topological polar surface area (TPSA) is 57.0 Å². The van der Waals surface area contributed by atoms with Crippen LogP contribution in [-0.2, 0) is 0 Å². The molecule has 0 heterocycles. The highest BCUT2D eigenvalue weighted by Crippen LogP contribution is 2.12. The zero-order valence-electron chi connectivity index (χ0n) is 10.1. The molecule has 0 aliphatic heterocycles. The molecule has 0 saturated heterocycles. The lowest BCUT2D eigenvalue weighted by Gasteiger charge is -2.07. The molecule has 0 aromatic heterocycles. The third-order valence-electron chi connectivity index (χ3n) is 2.12. The van der Waals surface area contributed by atoms with Gasteiger partial charge < -0.3 is 5.21 Å². The van der Waals surface area contributed by atoms with E-state index < -0.39 is 11.6 Å². The van der Waals surface area contributed by atoms with Crippen molar-refractivity contribution in [2.45, 2.75) is 6.92 Å². The Morgan fingerprint density at radius 1 is 1.42 bits per heavy atom. The summed E-state index contributed by atoms with van der Waals surface area (Å²) in [5, 5.41) is 15.6. The van der Waals surface area contributed by atoms with Gasteiger partial charge in [0.25, 0.3) is 0 Å². The number of thioether (sulfide) groups is 1. The molecule has 1 aromatic rings. The Labute approximate surface area is 118 Å². The largest absolute Gasteiger partial charge is 0.411 e. The molecule has 0 fully saturated rings. The molecule has 2 N–H and O–H groups in total. The summed E-state index contributed by atoms with van der Waals surface area (Å²) < 4.78 is 26.9.